The van der Waals surface area contributed by atoms with Crippen LogP contribution in [0.25, 0.3) is 10.9 Å². The van der Waals surface area contributed by atoms with E-state index in [1.54, 1.807) is 30.2 Å². The molecule has 0 unspecified atom stereocenters. The van der Waals surface area contributed by atoms with Crippen LogP contribution in [0.4, 0.5) is 0 Å². The fraction of sp³-hybridized carbons (Fsp3) is 0.238. The molecule has 0 saturated heterocycles. The second-order valence-corrected chi connectivity index (χ2v) is 6.23. The first-order valence-corrected chi connectivity index (χ1v) is 8.58. The summed E-state index contributed by atoms with van der Waals surface area (Å²) in [6.07, 6.45) is 0. The molecule has 2 aromatic carbocycles. The second kappa shape index (κ2) is 7.44. The summed E-state index contributed by atoms with van der Waals surface area (Å²) in [6, 6.07) is 14.9. The van der Waals surface area contributed by atoms with Gasteiger partial charge in [0.05, 0.1) is 19.2 Å². The summed E-state index contributed by atoms with van der Waals surface area (Å²) < 4.78 is 5.29. The SMILES string of the molecule is CCN(Cc1cc2ccc(C)cc2[nH]c1=O)C(=O)c1ccccc1OC. The Bertz CT molecular complexity index is 1010. The molecule has 1 amide bonds. The number of rotatable bonds is 5. The number of fused-ring (bicyclic) bond motifs is 1. The molecule has 0 aliphatic heterocycles. The molecule has 1 heterocycles. The van der Waals surface area contributed by atoms with Crippen molar-refractivity contribution in [1.82, 2.24) is 9.88 Å². The molecule has 0 bridgehead atoms. The number of aromatic nitrogens is 1. The van der Waals surface area contributed by atoms with Crippen molar-refractivity contribution in [2.45, 2.75) is 20.4 Å². The maximum atomic E-state index is 12.9. The van der Waals surface area contributed by atoms with Gasteiger partial charge in [0.2, 0.25) is 0 Å². The van der Waals surface area contributed by atoms with E-state index in [0.29, 0.717) is 23.4 Å². The molecular weight excluding hydrogens is 328 g/mol. The van der Waals surface area contributed by atoms with Gasteiger partial charge in [-0.05, 0) is 49.1 Å². The maximum Gasteiger partial charge on any atom is 0.257 e. The fourth-order valence-corrected chi connectivity index (χ4v) is 3.00. The molecule has 0 spiro atoms. The predicted octanol–water partition coefficient (Wildman–Crippen LogP) is 3.51. The van der Waals surface area contributed by atoms with E-state index in [4.69, 9.17) is 4.74 Å². The number of H-pyrrole nitrogens is 1. The molecule has 1 N–H and O–H groups in total. The van der Waals surface area contributed by atoms with Gasteiger partial charge in [-0.1, -0.05) is 24.3 Å². The summed E-state index contributed by atoms with van der Waals surface area (Å²) >= 11 is 0. The minimum absolute atomic E-state index is 0.159. The van der Waals surface area contributed by atoms with Crippen LogP contribution in [0.2, 0.25) is 0 Å². The summed E-state index contributed by atoms with van der Waals surface area (Å²) in [5, 5.41) is 0.950. The Morgan fingerprint density at radius 2 is 1.92 bits per heavy atom. The Morgan fingerprint density at radius 3 is 2.65 bits per heavy atom. The Morgan fingerprint density at radius 1 is 1.15 bits per heavy atom. The van der Waals surface area contributed by atoms with Crippen molar-refractivity contribution in [2.75, 3.05) is 13.7 Å². The van der Waals surface area contributed by atoms with Gasteiger partial charge in [0.25, 0.3) is 11.5 Å². The molecule has 0 atom stereocenters. The van der Waals surface area contributed by atoms with Crippen molar-refractivity contribution in [2.24, 2.45) is 0 Å². The van der Waals surface area contributed by atoms with Crippen LogP contribution in [0.3, 0.4) is 0 Å². The van der Waals surface area contributed by atoms with Gasteiger partial charge in [-0.3, -0.25) is 9.59 Å². The summed E-state index contributed by atoms with van der Waals surface area (Å²) in [5.74, 6) is 0.368. The van der Waals surface area contributed by atoms with Gasteiger partial charge in [-0.25, -0.2) is 0 Å². The Labute approximate surface area is 152 Å². The topological polar surface area (TPSA) is 62.4 Å². The number of benzene rings is 2. The van der Waals surface area contributed by atoms with Crippen molar-refractivity contribution in [1.29, 1.82) is 0 Å². The van der Waals surface area contributed by atoms with Crippen LogP contribution in [0.1, 0.15) is 28.4 Å². The van der Waals surface area contributed by atoms with E-state index in [1.165, 1.54) is 0 Å². The first-order chi connectivity index (χ1) is 12.5. The number of methoxy groups -OCH3 is 1. The van der Waals surface area contributed by atoms with Crippen molar-refractivity contribution in [3.63, 3.8) is 0 Å². The third kappa shape index (κ3) is 3.47. The van der Waals surface area contributed by atoms with Crippen LogP contribution >= 0.6 is 0 Å². The summed E-state index contributed by atoms with van der Waals surface area (Å²) in [7, 11) is 1.54. The molecule has 5 heteroatoms. The van der Waals surface area contributed by atoms with Crippen LogP contribution in [-0.2, 0) is 6.54 Å². The average Bonchev–Trinajstić information content (AvgIpc) is 2.65. The number of para-hydroxylation sites is 1. The molecule has 134 valence electrons. The van der Waals surface area contributed by atoms with Crippen LogP contribution in [0.15, 0.2) is 53.3 Å². The number of nitrogens with one attached hydrogen (secondary N) is 1. The third-order valence-corrected chi connectivity index (χ3v) is 4.45. The fourth-order valence-electron chi connectivity index (χ4n) is 3.00. The lowest BCUT2D eigenvalue weighted by Gasteiger charge is -2.22. The second-order valence-electron chi connectivity index (χ2n) is 6.23. The first kappa shape index (κ1) is 17.7. The number of pyridine rings is 1. The zero-order valence-electron chi connectivity index (χ0n) is 15.2. The number of amides is 1. The van der Waals surface area contributed by atoms with Crippen LogP contribution in [0.5, 0.6) is 5.75 Å². The average molecular weight is 350 g/mol. The maximum absolute atomic E-state index is 12.9. The van der Waals surface area contributed by atoms with E-state index < -0.39 is 0 Å². The number of carbonyl (C=O) groups is 1. The molecule has 0 radical (unpaired) electrons. The van der Waals surface area contributed by atoms with E-state index in [2.05, 4.69) is 4.98 Å². The highest BCUT2D eigenvalue weighted by Crippen LogP contribution is 2.20. The van der Waals surface area contributed by atoms with Crippen LogP contribution < -0.4 is 10.3 Å². The van der Waals surface area contributed by atoms with Crippen LogP contribution in [0, 0.1) is 6.92 Å². The quantitative estimate of drug-likeness (QED) is 0.766. The Hall–Kier alpha value is -3.08. The number of ether oxygens (including phenoxy) is 1. The van der Waals surface area contributed by atoms with E-state index >= 15 is 0 Å². The largest absolute Gasteiger partial charge is 0.496 e. The molecule has 0 aliphatic carbocycles. The molecule has 3 rings (SSSR count). The van der Waals surface area contributed by atoms with Gasteiger partial charge >= 0.3 is 0 Å². The number of aryl methyl sites for hydroxylation is 1. The van der Waals surface area contributed by atoms with E-state index in [-0.39, 0.29) is 18.0 Å². The van der Waals surface area contributed by atoms with E-state index in [0.717, 1.165) is 16.5 Å². The van der Waals surface area contributed by atoms with Crippen molar-refractivity contribution in [3.05, 3.63) is 75.6 Å². The third-order valence-electron chi connectivity index (χ3n) is 4.45. The zero-order valence-corrected chi connectivity index (χ0v) is 15.2. The minimum Gasteiger partial charge on any atom is -0.496 e. The van der Waals surface area contributed by atoms with Crippen molar-refractivity contribution >= 4 is 16.8 Å². The van der Waals surface area contributed by atoms with Gasteiger partial charge in [0, 0.05) is 17.6 Å². The lowest BCUT2D eigenvalue weighted by molar-refractivity contribution is 0.0748. The van der Waals surface area contributed by atoms with E-state index in [1.807, 2.05) is 44.2 Å². The molecule has 1 aromatic heterocycles. The molecule has 0 fully saturated rings. The van der Waals surface area contributed by atoms with Crippen molar-refractivity contribution in [3.8, 4) is 5.75 Å². The highest BCUT2D eigenvalue weighted by Gasteiger charge is 2.19. The number of carbonyl (C=O) groups excluding carboxylic acids is 1. The minimum atomic E-state index is -0.172. The number of nitrogens with zero attached hydrogens (tertiary/aromatic N) is 1. The summed E-state index contributed by atoms with van der Waals surface area (Å²) in [5.41, 5.74) is 2.77. The number of hydrogen-bond acceptors (Lipinski definition) is 3. The zero-order chi connectivity index (χ0) is 18.7. The van der Waals surface area contributed by atoms with Gasteiger partial charge in [-0.2, -0.15) is 0 Å². The van der Waals surface area contributed by atoms with Gasteiger partial charge in [0.15, 0.2) is 0 Å². The molecule has 3 aromatic rings. The lowest BCUT2D eigenvalue weighted by Crippen LogP contribution is -2.32. The smallest absolute Gasteiger partial charge is 0.257 e. The summed E-state index contributed by atoms with van der Waals surface area (Å²) in [6.45, 7) is 4.61. The normalized spacial score (nSPS) is 10.7. The molecule has 5 nitrogen and oxygen atoms in total. The van der Waals surface area contributed by atoms with Crippen molar-refractivity contribution < 1.29 is 9.53 Å². The summed E-state index contributed by atoms with van der Waals surface area (Å²) in [4.78, 5) is 29.9. The van der Waals surface area contributed by atoms with E-state index in [9.17, 15) is 9.59 Å². The highest BCUT2D eigenvalue weighted by atomic mass is 16.5. The van der Waals surface area contributed by atoms with Gasteiger partial charge in [0.1, 0.15) is 5.75 Å². The first-order valence-electron chi connectivity index (χ1n) is 8.58. The molecular formula is C21H22N2O3. The standard InChI is InChI=1S/C21H22N2O3/c1-4-23(21(25)17-7-5-6-8-19(17)26-3)13-16-12-15-10-9-14(2)11-18(15)22-20(16)24/h5-12H,4,13H2,1-3H3,(H,22,24). The predicted molar refractivity (Wildman–Crippen MR) is 103 cm³/mol. The van der Waals surface area contributed by atoms with Gasteiger partial charge in [-0.15, -0.1) is 0 Å². The Kier molecular flexibility index (Phi) is 5.07. The number of aromatic amines is 1. The molecule has 26 heavy (non-hydrogen) atoms. The van der Waals surface area contributed by atoms with Crippen LogP contribution in [-0.4, -0.2) is 29.4 Å². The molecule has 0 saturated carbocycles. The number of hydrogen-bond donors (Lipinski definition) is 1. The monoisotopic (exact) mass is 350 g/mol. The highest BCUT2D eigenvalue weighted by molar-refractivity contribution is 5.97. The lowest BCUT2D eigenvalue weighted by atomic mass is 10.1. The van der Waals surface area contributed by atoms with Gasteiger partial charge < -0.3 is 14.6 Å². The molecule has 0 aliphatic rings. The Balaban J connectivity index is 1.94.